The Bertz CT molecular complexity index is 885. The molecule has 3 aromatic rings. The number of nitrogens with zero attached hydrogens (tertiary/aromatic N) is 2. The fourth-order valence-corrected chi connectivity index (χ4v) is 3.99. The van der Waals surface area contributed by atoms with Gasteiger partial charge >= 0.3 is 0 Å². The van der Waals surface area contributed by atoms with E-state index in [1.807, 2.05) is 12.3 Å². The molecule has 1 fully saturated rings. The minimum absolute atomic E-state index is 0.0144. The quantitative estimate of drug-likeness (QED) is 0.653. The predicted molar refractivity (Wildman–Crippen MR) is 107 cm³/mol. The van der Waals surface area contributed by atoms with Crippen LogP contribution in [-0.2, 0) is 0 Å². The van der Waals surface area contributed by atoms with Crippen LogP contribution in [0.1, 0.15) is 40.5 Å². The van der Waals surface area contributed by atoms with Crippen molar-refractivity contribution in [3.63, 3.8) is 0 Å². The highest BCUT2D eigenvalue weighted by atomic mass is 19.1. The van der Waals surface area contributed by atoms with E-state index in [1.165, 1.54) is 17.7 Å². The third-order valence-corrected chi connectivity index (χ3v) is 5.58. The molecule has 0 saturated carbocycles. The highest BCUT2D eigenvalue weighted by Gasteiger charge is 2.28. The van der Waals surface area contributed by atoms with E-state index in [0.29, 0.717) is 5.56 Å². The Morgan fingerprint density at radius 3 is 2.46 bits per heavy atom. The molecule has 0 spiro atoms. The molecule has 1 aromatic heterocycles. The molecule has 5 heteroatoms. The van der Waals surface area contributed by atoms with E-state index < -0.39 is 0 Å². The minimum Gasteiger partial charge on any atom is -0.348 e. The molecule has 4 nitrogen and oxygen atoms in total. The van der Waals surface area contributed by atoms with Crippen LogP contribution in [0, 0.1) is 11.7 Å². The van der Waals surface area contributed by atoms with E-state index in [2.05, 4.69) is 39.1 Å². The van der Waals surface area contributed by atoms with Gasteiger partial charge in [0.15, 0.2) is 5.78 Å². The smallest absolute Gasteiger partial charge is 0.166 e. The van der Waals surface area contributed by atoms with Gasteiger partial charge in [0.1, 0.15) is 11.6 Å². The average Bonchev–Trinajstić information content (AvgIpc) is 3.28. The maximum atomic E-state index is 13.1. The summed E-state index contributed by atoms with van der Waals surface area (Å²) in [6.45, 7) is 2.62. The number of benzene rings is 2. The Kier molecular flexibility index (Phi) is 5.63. The topological polar surface area (TPSA) is 49.0 Å². The Hall–Kier alpha value is -2.79. The van der Waals surface area contributed by atoms with Crippen molar-refractivity contribution in [2.75, 3.05) is 19.6 Å². The monoisotopic (exact) mass is 377 g/mol. The second-order valence-corrected chi connectivity index (χ2v) is 7.38. The highest BCUT2D eigenvalue weighted by molar-refractivity contribution is 5.97. The van der Waals surface area contributed by atoms with Crippen molar-refractivity contribution >= 4 is 5.78 Å². The normalized spacial score (nSPS) is 16.8. The van der Waals surface area contributed by atoms with Gasteiger partial charge in [-0.2, -0.15) is 0 Å². The summed E-state index contributed by atoms with van der Waals surface area (Å²) >= 11 is 0. The number of piperidine rings is 1. The van der Waals surface area contributed by atoms with Crippen LogP contribution in [0.3, 0.4) is 0 Å². The number of carbonyl (C=O) groups excluding carboxylic acids is 1. The Balaban J connectivity index is 1.40. The summed E-state index contributed by atoms with van der Waals surface area (Å²) in [6, 6.07) is 16.3. The number of halogens is 1. The zero-order valence-electron chi connectivity index (χ0n) is 15.7. The lowest BCUT2D eigenvalue weighted by atomic mass is 9.88. The van der Waals surface area contributed by atoms with Crippen LogP contribution in [0.5, 0.6) is 0 Å². The lowest BCUT2D eigenvalue weighted by Crippen LogP contribution is -2.39. The highest BCUT2D eigenvalue weighted by Crippen LogP contribution is 2.27. The van der Waals surface area contributed by atoms with Crippen molar-refractivity contribution in [1.29, 1.82) is 0 Å². The summed E-state index contributed by atoms with van der Waals surface area (Å²) in [6.07, 6.45) is 5.31. The van der Waals surface area contributed by atoms with Gasteiger partial charge in [-0.1, -0.05) is 30.3 Å². The Labute approximate surface area is 164 Å². The van der Waals surface area contributed by atoms with Crippen molar-refractivity contribution in [3.8, 4) is 0 Å². The van der Waals surface area contributed by atoms with Crippen LogP contribution < -0.4 is 0 Å². The molecule has 1 unspecified atom stereocenters. The second kappa shape index (κ2) is 8.48. The second-order valence-electron chi connectivity index (χ2n) is 7.38. The number of rotatable bonds is 6. The van der Waals surface area contributed by atoms with Gasteiger partial charge in [-0.3, -0.25) is 4.79 Å². The van der Waals surface area contributed by atoms with E-state index in [9.17, 15) is 9.18 Å². The summed E-state index contributed by atoms with van der Waals surface area (Å²) in [5.41, 5.74) is 1.85. The summed E-state index contributed by atoms with van der Waals surface area (Å²) in [5.74, 6) is 0.985. The summed E-state index contributed by atoms with van der Waals surface area (Å²) < 4.78 is 13.1. The van der Waals surface area contributed by atoms with Crippen molar-refractivity contribution in [2.45, 2.75) is 18.8 Å². The summed E-state index contributed by atoms with van der Waals surface area (Å²) in [5, 5.41) is 0. The van der Waals surface area contributed by atoms with Gasteiger partial charge in [-0.15, -0.1) is 0 Å². The van der Waals surface area contributed by atoms with E-state index in [0.717, 1.165) is 38.3 Å². The third kappa shape index (κ3) is 4.20. The number of nitrogens with one attached hydrogen (secondary N) is 1. The first-order chi connectivity index (χ1) is 13.7. The number of Topliss-reactive ketones (excluding diaryl/α,β-unsaturated/α-hetero) is 1. The molecular formula is C23H24FN3O. The molecule has 4 rings (SSSR count). The summed E-state index contributed by atoms with van der Waals surface area (Å²) in [7, 11) is 0. The lowest BCUT2D eigenvalue weighted by Gasteiger charge is -2.33. The molecule has 0 bridgehead atoms. The van der Waals surface area contributed by atoms with E-state index in [1.54, 1.807) is 18.3 Å². The molecular weight excluding hydrogens is 353 g/mol. The maximum absolute atomic E-state index is 13.1. The van der Waals surface area contributed by atoms with Crippen LogP contribution >= 0.6 is 0 Å². The molecule has 144 valence electrons. The molecule has 28 heavy (non-hydrogen) atoms. The zero-order valence-corrected chi connectivity index (χ0v) is 15.7. The van der Waals surface area contributed by atoms with Crippen molar-refractivity contribution in [3.05, 3.63) is 89.8 Å². The van der Waals surface area contributed by atoms with Crippen LogP contribution in [0.2, 0.25) is 0 Å². The number of carbonyl (C=O) groups is 1. The third-order valence-electron chi connectivity index (χ3n) is 5.58. The molecule has 2 aromatic carbocycles. The Morgan fingerprint density at radius 1 is 1.11 bits per heavy atom. The molecule has 0 aliphatic carbocycles. The molecule has 1 atom stereocenters. The van der Waals surface area contributed by atoms with Crippen LogP contribution in [-0.4, -0.2) is 40.3 Å². The first kappa shape index (κ1) is 18.6. The average molecular weight is 377 g/mol. The van der Waals surface area contributed by atoms with E-state index in [-0.39, 0.29) is 23.4 Å². The summed E-state index contributed by atoms with van der Waals surface area (Å²) in [4.78, 5) is 22.8. The number of imidazole rings is 1. The van der Waals surface area contributed by atoms with Gasteiger partial charge in [0.05, 0.1) is 5.92 Å². The van der Waals surface area contributed by atoms with Gasteiger partial charge in [0, 0.05) is 30.4 Å². The van der Waals surface area contributed by atoms with Crippen LogP contribution in [0.4, 0.5) is 4.39 Å². The molecule has 2 heterocycles. The van der Waals surface area contributed by atoms with Gasteiger partial charge in [0.2, 0.25) is 0 Å². The SMILES string of the molecule is O=C(c1ccc(F)cc1)C1CCN(CC(c2ccccc2)c2ncc[nH]2)CC1. The fraction of sp³-hybridized carbons (Fsp3) is 0.304. The van der Waals surface area contributed by atoms with E-state index >= 15 is 0 Å². The molecule has 1 saturated heterocycles. The van der Waals surface area contributed by atoms with Gasteiger partial charge in [0.25, 0.3) is 0 Å². The van der Waals surface area contributed by atoms with Crippen LogP contribution in [0.25, 0.3) is 0 Å². The van der Waals surface area contributed by atoms with Crippen molar-refractivity contribution < 1.29 is 9.18 Å². The predicted octanol–water partition coefficient (Wildman–Crippen LogP) is 4.28. The molecule has 1 N–H and O–H groups in total. The number of H-pyrrole nitrogens is 1. The number of hydrogen-bond donors (Lipinski definition) is 1. The molecule has 1 aliphatic rings. The minimum atomic E-state index is -0.309. The number of aromatic nitrogens is 2. The lowest BCUT2D eigenvalue weighted by molar-refractivity contribution is 0.0837. The van der Waals surface area contributed by atoms with Crippen molar-refractivity contribution in [1.82, 2.24) is 14.9 Å². The van der Waals surface area contributed by atoms with Crippen LogP contribution in [0.15, 0.2) is 67.0 Å². The molecule has 0 amide bonds. The molecule has 1 aliphatic heterocycles. The number of likely N-dealkylation sites (tertiary alicyclic amines) is 1. The largest absolute Gasteiger partial charge is 0.348 e. The maximum Gasteiger partial charge on any atom is 0.166 e. The standard InChI is InChI=1S/C23H24FN3O/c24-20-8-6-18(7-9-20)22(28)19-10-14-27(15-11-19)16-21(23-25-12-13-26-23)17-4-2-1-3-5-17/h1-9,12-13,19,21H,10-11,14-16H2,(H,25,26). The van der Waals surface area contributed by atoms with Gasteiger partial charge in [-0.25, -0.2) is 9.37 Å². The first-order valence-electron chi connectivity index (χ1n) is 9.77. The van der Waals surface area contributed by atoms with E-state index in [4.69, 9.17) is 0 Å². The van der Waals surface area contributed by atoms with Crippen molar-refractivity contribution in [2.24, 2.45) is 5.92 Å². The van der Waals surface area contributed by atoms with Gasteiger partial charge in [-0.05, 0) is 55.8 Å². The first-order valence-corrected chi connectivity index (χ1v) is 9.77. The molecule has 0 radical (unpaired) electrons. The number of ketones is 1. The van der Waals surface area contributed by atoms with Gasteiger partial charge < -0.3 is 9.88 Å². The zero-order chi connectivity index (χ0) is 19.3. The number of hydrogen-bond acceptors (Lipinski definition) is 3. The fourth-order valence-electron chi connectivity index (χ4n) is 3.99. The number of aromatic amines is 1. The Morgan fingerprint density at radius 2 is 1.82 bits per heavy atom.